The molecule has 2 aromatic rings. The standard InChI is InChI=1S/C20H24N2O3/c1-25-17-9-10-18-16(12-17)8-5-11-20(18,24)14-22-19(23)21-13-15-6-3-2-4-7-15/h2-4,6-7,9-10,12,24H,5,8,11,13-14H2,1H3,(H2,21,22,23). The largest absolute Gasteiger partial charge is 0.497 e. The fraction of sp³-hybridized carbons (Fsp3) is 0.350. The van der Waals surface area contributed by atoms with E-state index in [-0.39, 0.29) is 12.6 Å². The Labute approximate surface area is 148 Å². The van der Waals surface area contributed by atoms with Crippen molar-refractivity contribution in [3.63, 3.8) is 0 Å². The molecule has 2 amide bonds. The molecule has 3 N–H and O–H groups in total. The molecular formula is C20H24N2O3. The van der Waals surface area contributed by atoms with E-state index in [1.54, 1.807) is 7.11 Å². The van der Waals surface area contributed by atoms with E-state index in [4.69, 9.17) is 4.74 Å². The smallest absolute Gasteiger partial charge is 0.315 e. The van der Waals surface area contributed by atoms with Crippen molar-refractivity contribution < 1.29 is 14.6 Å². The molecule has 1 atom stereocenters. The van der Waals surface area contributed by atoms with Crippen molar-refractivity contribution in [3.05, 3.63) is 65.2 Å². The molecule has 0 aliphatic heterocycles. The number of fused-ring (bicyclic) bond motifs is 1. The first kappa shape index (κ1) is 17.3. The van der Waals surface area contributed by atoms with Crippen LogP contribution >= 0.6 is 0 Å². The number of methoxy groups -OCH3 is 1. The first-order valence-corrected chi connectivity index (χ1v) is 8.56. The van der Waals surface area contributed by atoms with Gasteiger partial charge in [0.1, 0.15) is 11.4 Å². The first-order valence-electron chi connectivity index (χ1n) is 8.56. The molecule has 5 nitrogen and oxygen atoms in total. The third kappa shape index (κ3) is 4.12. The topological polar surface area (TPSA) is 70.6 Å². The highest BCUT2D eigenvalue weighted by atomic mass is 16.5. The van der Waals surface area contributed by atoms with Crippen LogP contribution in [-0.2, 0) is 18.6 Å². The van der Waals surface area contributed by atoms with Gasteiger partial charge < -0.3 is 20.5 Å². The lowest BCUT2D eigenvalue weighted by Gasteiger charge is -2.34. The number of ether oxygens (including phenoxy) is 1. The highest BCUT2D eigenvalue weighted by Crippen LogP contribution is 2.36. The number of carbonyl (C=O) groups excluding carboxylic acids is 1. The third-order valence-electron chi connectivity index (χ3n) is 4.69. The van der Waals surface area contributed by atoms with Crippen LogP contribution in [-0.4, -0.2) is 24.8 Å². The molecule has 0 saturated heterocycles. The lowest BCUT2D eigenvalue weighted by Crippen LogP contribution is -2.46. The monoisotopic (exact) mass is 340 g/mol. The Morgan fingerprint density at radius 1 is 1.20 bits per heavy atom. The van der Waals surface area contributed by atoms with Crippen LogP contribution in [0.15, 0.2) is 48.5 Å². The summed E-state index contributed by atoms with van der Waals surface area (Å²) in [5, 5.41) is 16.7. The Kier molecular flexibility index (Phi) is 5.24. The molecule has 0 bridgehead atoms. The number of hydrogen-bond donors (Lipinski definition) is 3. The highest BCUT2D eigenvalue weighted by Gasteiger charge is 2.34. The van der Waals surface area contributed by atoms with Crippen molar-refractivity contribution in [1.82, 2.24) is 10.6 Å². The van der Waals surface area contributed by atoms with Gasteiger partial charge >= 0.3 is 6.03 Å². The lowest BCUT2D eigenvalue weighted by molar-refractivity contribution is 0.0216. The van der Waals surface area contributed by atoms with E-state index in [1.165, 1.54) is 0 Å². The van der Waals surface area contributed by atoms with Gasteiger partial charge in [-0.05, 0) is 48.1 Å². The molecule has 0 radical (unpaired) electrons. The molecule has 0 fully saturated rings. The van der Waals surface area contributed by atoms with E-state index in [0.29, 0.717) is 13.0 Å². The summed E-state index contributed by atoms with van der Waals surface area (Å²) in [4.78, 5) is 12.1. The van der Waals surface area contributed by atoms with E-state index < -0.39 is 5.60 Å². The predicted octanol–water partition coefficient (Wildman–Crippen LogP) is 2.72. The SMILES string of the molecule is COc1ccc2c(c1)CCCC2(O)CNC(=O)NCc1ccccc1. The highest BCUT2D eigenvalue weighted by molar-refractivity contribution is 5.74. The zero-order valence-electron chi connectivity index (χ0n) is 14.4. The van der Waals surface area contributed by atoms with Crippen LogP contribution in [0.3, 0.4) is 0 Å². The summed E-state index contributed by atoms with van der Waals surface area (Å²) in [6.07, 6.45) is 2.42. The Morgan fingerprint density at radius 2 is 2.00 bits per heavy atom. The molecule has 0 heterocycles. The van der Waals surface area contributed by atoms with Crippen molar-refractivity contribution >= 4 is 6.03 Å². The number of benzene rings is 2. The molecule has 5 heteroatoms. The fourth-order valence-electron chi connectivity index (χ4n) is 3.31. The van der Waals surface area contributed by atoms with Crippen LogP contribution in [0.25, 0.3) is 0 Å². The normalized spacial score (nSPS) is 19.0. The van der Waals surface area contributed by atoms with Crippen molar-refractivity contribution in [2.45, 2.75) is 31.4 Å². The third-order valence-corrected chi connectivity index (χ3v) is 4.69. The van der Waals surface area contributed by atoms with E-state index >= 15 is 0 Å². The van der Waals surface area contributed by atoms with Crippen molar-refractivity contribution in [2.24, 2.45) is 0 Å². The molecule has 0 spiro atoms. The quantitative estimate of drug-likeness (QED) is 0.784. The lowest BCUT2D eigenvalue weighted by atomic mass is 9.79. The van der Waals surface area contributed by atoms with Gasteiger partial charge in [-0.15, -0.1) is 0 Å². The molecule has 25 heavy (non-hydrogen) atoms. The summed E-state index contributed by atoms with van der Waals surface area (Å²) in [7, 11) is 1.63. The summed E-state index contributed by atoms with van der Waals surface area (Å²) in [6, 6.07) is 15.2. The minimum absolute atomic E-state index is 0.187. The number of amides is 2. The number of urea groups is 1. The van der Waals surface area contributed by atoms with E-state index in [1.807, 2.05) is 48.5 Å². The maximum Gasteiger partial charge on any atom is 0.315 e. The number of aryl methyl sites for hydroxylation is 1. The Balaban J connectivity index is 1.60. The van der Waals surface area contributed by atoms with Gasteiger partial charge in [-0.25, -0.2) is 4.79 Å². The molecular weight excluding hydrogens is 316 g/mol. The number of aliphatic hydroxyl groups is 1. The average Bonchev–Trinajstić information content (AvgIpc) is 2.65. The van der Waals surface area contributed by atoms with Crippen LogP contribution in [0.1, 0.15) is 29.5 Å². The van der Waals surface area contributed by atoms with Crippen LogP contribution in [0.4, 0.5) is 4.79 Å². The van der Waals surface area contributed by atoms with Crippen molar-refractivity contribution in [2.75, 3.05) is 13.7 Å². The maximum absolute atomic E-state index is 12.1. The van der Waals surface area contributed by atoms with Crippen LogP contribution in [0, 0.1) is 0 Å². The second-order valence-corrected chi connectivity index (χ2v) is 6.43. The summed E-state index contributed by atoms with van der Waals surface area (Å²) in [5.74, 6) is 0.788. The minimum atomic E-state index is -1.04. The summed E-state index contributed by atoms with van der Waals surface area (Å²) >= 11 is 0. The molecule has 2 aromatic carbocycles. The minimum Gasteiger partial charge on any atom is -0.497 e. The van der Waals surface area contributed by atoms with Gasteiger partial charge in [0.05, 0.1) is 13.7 Å². The van der Waals surface area contributed by atoms with Gasteiger partial charge in [-0.1, -0.05) is 36.4 Å². The second kappa shape index (κ2) is 7.57. The Bertz CT molecular complexity index is 733. The average molecular weight is 340 g/mol. The summed E-state index contributed by atoms with van der Waals surface area (Å²) in [5.41, 5.74) is 1.96. The van der Waals surface area contributed by atoms with Crippen molar-refractivity contribution in [3.8, 4) is 5.75 Å². The van der Waals surface area contributed by atoms with E-state index in [2.05, 4.69) is 10.6 Å². The maximum atomic E-state index is 12.1. The predicted molar refractivity (Wildman–Crippen MR) is 96.5 cm³/mol. The van der Waals surface area contributed by atoms with Gasteiger partial charge in [-0.3, -0.25) is 0 Å². The zero-order valence-corrected chi connectivity index (χ0v) is 14.4. The van der Waals surface area contributed by atoms with Crippen LogP contribution in [0.5, 0.6) is 5.75 Å². The van der Waals surface area contributed by atoms with E-state index in [0.717, 1.165) is 35.3 Å². The number of nitrogens with one attached hydrogen (secondary N) is 2. The zero-order chi connectivity index (χ0) is 17.7. The summed E-state index contributed by atoms with van der Waals surface area (Å²) in [6.45, 7) is 0.645. The van der Waals surface area contributed by atoms with Crippen molar-refractivity contribution in [1.29, 1.82) is 0 Å². The second-order valence-electron chi connectivity index (χ2n) is 6.43. The van der Waals surface area contributed by atoms with Crippen LogP contribution in [0.2, 0.25) is 0 Å². The Hall–Kier alpha value is -2.53. The molecule has 1 unspecified atom stereocenters. The molecule has 0 saturated carbocycles. The van der Waals surface area contributed by atoms with Gasteiger partial charge in [0.2, 0.25) is 0 Å². The fourth-order valence-corrected chi connectivity index (χ4v) is 3.31. The van der Waals surface area contributed by atoms with Gasteiger partial charge in [0.25, 0.3) is 0 Å². The first-order chi connectivity index (χ1) is 12.1. The number of carbonyl (C=O) groups is 1. The molecule has 1 aliphatic carbocycles. The number of rotatable bonds is 5. The summed E-state index contributed by atoms with van der Waals surface area (Å²) < 4.78 is 5.26. The molecule has 3 rings (SSSR count). The molecule has 1 aliphatic rings. The van der Waals surface area contributed by atoms with Crippen LogP contribution < -0.4 is 15.4 Å². The van der Waals surface area contributed by atoms with Gasteiger partial charge in [-0.2, -0.15) is 0 Å². The molecule has 0 aromatic heterocycles. The Morgan fingerprint density at radius 3 is 2.76 bits per heavy atom. The van der Waals surface area contributed by atoms with Gasteiger partial charge in [0, 0.05) is 6.54 Å². The van der Waals surface area contributed by atoms with E-state index in [9.17, 15) is 9.90 Å². The molecule has 132 valence electrons. The van der Waals surface area contributed by atoms with Gasteiger partial charge in [0.15, 0.2) is 0 Å². The number of hydrogen-bond acceptors (Lipinski definition) is 3.